The monoisotopic (exact) mass is 290 g/mol. The predicted molar refractivity (Wildman–Crippen MR) is 79.1 cm³/mol. The lowest BCUT2D eigenvalue weighted by molar-refractivity contribution is -0.139. The second-order valence-electron chi connectivity index (χ2n) is 4.28. The molecule has 0 radical (unpaired) electrons. The van der Waals surface area contributed by atoms with Crippen LogP contribution < -0.4 is 0 Å². The van der Waals surface area contributed by atoms with E-state index < -0.39 is 0 Å². The molecule has 0 saturated heterocycles. The first-order valence-electron chi connectivity index (χ1n) is 6.12. The number of carbonyl (C=O) groups excluding carboxylic acids is 1. The largest absolute Gasteiger partial charge is 0.469 e. The van der Waals surface area contributed by atoms with Crippen molar-refractivity contribution in [3.63, 3.8) is 0 Å². The average molecular weight is 291 g/mol. The molecule has 0 spiro atoms. The molecule has 0 N–H and O–H groups in total. The van der Waals surface area contributed by atoms with E-state index in [1.165, 1.54) is 7.11 Å². The smallest absolute Gasteiger partial charge is 0.311 e. The van der Waals surface area contributed by atoms with Crippen LogP contribution in [0.3, 0.4) is 0 Å². The van der Waals surface area contributed by atoms with Crippen molar-refractivity contribution in [3.05, 3.63) is 53.3 Å². The van der Waals surface area contributed by atoms with Crippen LogP contribution in [0.4, 0.5) is 0 Å². The van der Waals surface area contributed by atoms with Gasteiger partial charge in [-0.3, -0.25) is 9.48 Å². The predicted octanol–water partition coefficient (Wildman–Crippen LogP) is 2.87. The third kappa shape index (κ3) is 3.27. The van der Waals surface area contributed by atoms with Gasteiger partial charge in [0.25, 0.3) is 0 Å². The van der Waals surface area contributed by atoms with Crippen LogP contribution in [0.5, 0.6) is 0 Å². The quantitative estimate of drug-likeness (QED) is 0.813. The highest BCUT2D eigenvalue weighted by atomic mass is 35.5. The normalized spacial score (nSPS) is 11.4. The Bertz CT molecular complexity index is 633. The first-order chi connectivity index (χ1) is 9.61. The summed E-state index contributed by atoms with van der Waals surface area (Å²) >= 11 is 6.34. The molecule has 0 fully saturated rings. The molecule has 0 saturated carbocycles. The van der Waals surface area contributed by atoms with Gasteiger partial charge in [-0.15, -0.1) is 0 Å². The minimum Gasteiger partial charge on any atom is -0.469 e. The van der Waals surface area contributed by atoms with Gasteiger partial charge in [-0.2, -0.15) is 5.10 Å². The van der Waals surface area contributed by atoms with E-state index in [0.717, 1.165) is 16.8 Å². The summed E-state index contributed by atoms with van der Waals surface area (Å²) in [5, 5.41) is 4.69. The summed E-state index contributed by atoms with van der Waals surface area (Å²) in [6, 6.07) is 9.73. The molecule has 1 aromatic carbocycles. The molecule has 2 aromatic rings. The Balaban J connectivity index is 2.33. The van der Waals surface area contributed by atoms with Crippen molar-refractivity contribution < 1.29 is 9.53 Å². The summed E-state index contributed by atoms with van der Waals surface area (Å²) in [7, 11) is 3.13. The molecular formula is C15H15ClN2O2. The number of halogens is 1. The highest BCUT2D eigenvalue weighted by Gasteiger charge is 2.15. The van der Waals surface area contributed by atoms with Gasteiger partial charge in [0, 0.05) is 12.6 Å². The third-order valence-corrected chi connectivity index (χ3v) is 3.26. The fraction of sp³-hybridized carbons (Fsp3) is 0.200. The van der Waals surface area contributed by atoms with E-state index in [9.17, 15) is 4.79 Å². The van der Waals surface area contributed by atoms with E-state index in [1.54, 1.807) is 17.9 Å². The standard InChI is InChI=1S/C15H15ClN2O2/c1-18-14(9-15(19)20-2)12(10-17-18)13(16)8-11-6-4-3-5-7-11/h3-8,10H,9H2,1-2H3. The zero-order valence-electron chi connectivity index (χ0n) is 11.3. The summed E-state index contributed by atoms with van der Waals surface area (Å²) in [6.07, 6.45) is 3.64. The first-order valence-corrected chi connectivity index (χ1v) is 6.50. The van der Waals surface area contributed by atoms with Crippen molar-refractivity contribution in [1.29, 1.82) is 0 Å². The Morgan fingerprint density at radius 1 is 1.40 bits per heavy atom. The number of carbonyl (C=O) groups is 1. The van der Waals surface area contributed by atoms with Crippen molar-refractivity contribution in [1.82, 2.24) is 9.78 Å². The number of esters is 1. The number of benzene rings is 1. The SMILES string of the molecule is COC(=O)Cc1c(C(Cl)=Cc2ccccc2)cnn1C. The van der Waals surface area contributed by atoms with Gasteiger partial charge in [0.05, 0.1) is 30.5 Å². The third-order valence-electron chi connectivity index (χ3n) is 2.95. The second kappa shape index (κ2) is 6.39. The van der Waals surface area contributed by atoms with Crippen LogP contribution in [0.15, 0.2) is 36.5 Å². The van der Waals surface area contributed by atoms with Crippen LogP contribution in [0.2, 0.25) is 0 Å². The van der Waals surface area contributed by atoms with E-state index in [2.05, 4.69) is 9.84 Å². The van der Waals surface area contributed by atoms with Gasteiger partial charge >= 0.3 is 5.97 Å². The molecule has 0 bridgehead atoms. The van der Waals surface area contributed by atoms with Gasteiger partial charge in [-0.25, -0.2) is 0 Å². The van der Waals surface area contributed by atoms with Gasteiger partial charge in [-0.05, 0) is 11.6 Å². The van der Waals surface area contributed by atoms with Gasteiger partial charge in [-0.1, -0.05) is 41.9 Å². The first kappa shape index (κ1) is 14.3. The maximum atomic E-state index is 11.4. The highest BCUT2D eigenvalue weighted by molar-refractivity contribution is 6.51. The molecule has 0 unspecified atom stereocenters. The summed E-state index contributed by atoms with van der Waals surface area (Å²) in [5.41, 5.74) is 2.46. The van der Waals surface area contributed by atoms with Gasteiger partial charge in [0.1, 0.15) is 0 Å². The minimum atomic E-state index is -0.320. The van der Waals surface area contributed by atoms with E-state index in [0.29, 0.717) is 5.03 Å². The van der Waals surface area contributed by atoms with Crippen molar-refractivity contribution >= 4 is 28.7 Å². The average Bonchev–Trinajstić information content (AvgIpc) is 2.81. The van der Waals surface area contributed by atoms with Crippen LogP contribution in [0.1, 0.15) is 16.8 Å². The summed E-state index contributed by atoms with van der Waals surface area (Å²) in [4.78, 5) is 11.4. The number of hydrogen-bond acceptors (Lipinski definition) is 3. The Hall–Kier alpha value is -2.07. The molecule has 0 aliphatic rings. The van der Waals surface area contributed by atoms with E-state index in [-0.39, 0.29) is 12.4 Å². The molecule has 4 nitrogen and oxygen atoms in total. The number of hydrogen-bond donors (Lipinski definition) is 0. The zero-order valence-corrected chi connectivity index (χ0v) is 12.1. The Labute approximate surface area is 122 Å². The Morgan fingerprint density at radius 2 is 2.10 bits per heavy atom. The Morgan fingerprint density at radius 3 is 2.75 bits per heavy atom. The van der Waals surface area contributed by atoms with Gasteiger partial charge in [0.2, 0.25) is 0 Å². The van der Waals surface area contributed by atoms with E-state index in [4.69, 9.17) is 11.6 Å². The van der Waals surface area contributed by atoms with Crippen LogP contribution in [-0.2, 0) is 23.0 Å². The topological polar surface area (TPSA) is 44.1 Å². The number of rotatable bonds is 4. The maximum Gasteiger partial charge on any atom is 0.311 e. The van der Waals surface area contributed by atoms with Crippen molar-refractivity contribution in [2.75, 3.05) is 7.11 Å². The minimum absolute atomic E-state index is 0.140. The lowest BCUT2D eigenvalue weighted by Crippen LogP contribution is -2.10. The van der Waals surface area contributed by atoms with Crippen molar-refractivity contribution in [2.24, 2.45) is 7.05 Å². The van der Waals surface area contributed by atoms with E-state index >= 15 is 0 Å². The molecule has 104 valence electrons. The molecule has 0 aliphatic heterocycles. The maximum absolute atomic E-state index is 11.4. The molecule has 1 aromatic heterocycles. The number of methoxy groups -OCH3 is 1. The molecule has 0 amide bonds. The highest BCUT2D eigenvalue weighted by Crippen LogP contribution is 2.25. The molecule has 1 heterocycles. The molecule has 0 aliphatic carbocycles. The van der Waals surface area contributed by atoms with Crippen LogP contribution >= 0.6 is 11.6 Å². The number of aromatic nitrogens is 2. The summed E-state index contributed by atoms with van der Waals surface area (Å²) in [6.45, 7) is 0. The zero-order chi connectivity index (χ0) is 14.5. The lowest BCUT2D eigenvalue weighted by atomic mass is 10.1. The van der Waals surface area contributed by atoms with Crippen molar-refractivity contribution in [3.8, 4) is 0 Å². The Kier molecular flexibility index (Phi) is 4.58. The van der Waals surface area contributed by atoms with Crippen LogP contribution in [0.25, 0.3) is 11.1 Å². The van der Waals surface area contributed by atoms with Crippen LogP contribution in [-0.4, -0.2) is 22.9 Å². The van der Waals surface area contributed by atoms with Crippen molar-refractivity contribution in [2.45, 2.75) is 6.42 Å². The molecular weight excluding hydrogens is 276 g/mol. The summed E-state index contributed by atoms with van der Waals surface area (Å²) in [5.74, 6) is -0.320. The molecule has 5 heteroatoms. The number of ether oxygens (including phenoxy) is 1. The van der Waals surface area contributed by atoms with E-state index in [1.807, 2.05) is 36.4 Å². The summed E-state index contributed by atoms with van der Waals surface area (Å²) < 4.78 is 6.32. The number of nitrogens with zero attached hydrogens (tertiary/aromatic N) is 2. The van der Waals surface area contributed by atoms with Gasteiger partial charge in [0.15, 0.2) is 0 Å². The lowest BCUT2D eigenvalue weighted by Gasteiger charge is -2.04. The van der Waals surface area contributed by atoms with Gasteiger partial charge < -0.3 is 4.74 Å². The number of aryl methyl sites for hydroxylation is 1. The molecule has 2 rings (SSSR count). The van der Waals surface area contributed by atoms with Crippen LogP contribution in [0, 0.1) is 0 Å². The fourth-order valence-electron chi connectivity index (χ4n) is 1.85. The fourth-order valence-corrected chi connectivity index (χ4v) is 2.14. The second-order valence-corrected chi connectivity index (χ2v) is 4.69. The molecule has 20 heavy (non-hydrogen) atoms. The molecule has 0 atom stereocenters.